The third kappa shape index (κ3) is 2.93. The standard InChI is InChI=1S/C19H23N3O2S/c1-15-13-16-7-3-4-8-18(16)22(15)19-10-9-17(14-20-19)25(23,24)21-11-5-2-6-12-21/h3-4,7-10,14-15H,2,5-6,11-13H2,1H3. The molecule has 0 aliphatic carbocycles. The summed E-state index contributed by atoms with van der Waals surface area (Å²) < 4.78 is 27.1. The first-order valence-corrected chi connectivity index (χ1v) is 10.3. The van der Waals surface area contributed by atoms with Crippen molar-refractivity contribution in [2.24, 2.45) is 0 Å². The van der Waals surface area contributed by atoms with E-state index in [9.17, 15) is 8.42 Å². The molecule has 1 saturated heterocycles. The van der Waals surface area contributed by atoms with E-state index >= 15 is 0 Å². The molecule has 1 unspecified atom stereocenters. The van der Waals surface area contributed by atoms with Gasteiger partial charge in [-0.05, 0) is 49.9 Å². The molecule has 4 rings (SSSR count). The van der Waals surface area contributed by atoms with Crippen molar-refractivity contribution in [1.29, 1.82) is 0 Å². The summed E-state index contributed by atoms with van der Waals surface area (Å²) in [6.45, 7) is 3.39. The van der Waals surface area contributed by atoms with Gasteiger partial charge < -0.3 is 4.90 Å². The fourth-order valence-electron chi connectivity index (χ4n) is 3.84. The lowest BCUT2D eigenvalue weighted by molar-refractivity contribution is 0.346. The van der Waals surface area contributed by atoms with Crippen LogP contribution in [0.1, 0.15) is 31.7 Å². The SMILES string of the molecule is CC1Cc2ccccc2N1c1ccc(S(=O)(=O)N2CCCCC2)cn1. The zero-order chi connectivity index (χ0) is 17.4. The Labute approximate surface area is 149 Å². The van der Waals surface area contributed by atoms with E-state index in [1.165, 1.54) is 11.8 Å². The van der Waals surface area contributed by atoms with Crippen molar-refractivity contribution >= 4 is 21.5 Å². The highest BCUT2D eigenvalue weighted by atomic mass is 32.2. The van der Waals surface area contributed by atoms with Gasteiger partial charge in [0.25, 0.3) is 0 Å². The largest absolute Gasteiger partial charge is 0.323 e. The molecule has 2 aromatic rings. The van der Waals surface area contributed by atoms with Crippen LogP contribution in [0.5, 0.6) is 0 Å². The molecule has 1 aromatic heterocycles. The van der Waals surface area contributed by atoms with E-state index in [1.807, 2.05) is 12.1 Å². The highest BCUT2D eigenvalue weighted by Crippen LogP contribution is 2.37. The molecule has 5 nitrogen and oxygen atoms in total. The Kier molecular flexibility index (Phi) is 4.25. The third-order valence-corrected chi connectivity index (χ3v) is 7.01. The number of anilines is 2. The molecule has 1 aromatic carbocycles. The van der Waals surface area contributed by atoms with Crippen LogP contribution in [-0.2, 0) is 16.4 Å². The molecule has 2 aliphatic heterocycles. The van der Waals surface area contributed by atoms with Crippen LogP contribution in [0.4, 0.5) is 11.5 Å². The molecule has 132 valence electrons. The first-order chi connectivity index (χ1) is 12.1. The minimum atomic E-state index is -3.42. The van der Waals surface area contributed by atoms with E-state index in [0.717, 1.165) is 37.2 Å². The van der Waals surface area contributed by atoms with Gasteiger partial charge in [0.15, 0.2) is 0 Å². The third-order valence-electron chi connectivity index (χ3n) is 5.13. The molecule has 0 N–H and O–H groups in total. The van der Waals surface area contributed by atoms with Crippen molar-refractivity contribution in [1.82, 2.24) is 9.29 Å². The summed E-state index contributed by atoms with van der Waals surface area (Å²) in [7, 11) is -3.42. The van der Waals surface area contributed by atoms with Gasteiger partial charge in [-0.15, -0.1) is 0 Å². The van der Waals surface area contributed by atoms with Gasteiger partial charge in [-0.1, -0.05) is 24.6 Å². The summed E-state index contributed by atoms with van der Waals surface area (Å²) in [6.07, 6.45) is 5.47. The highest BCUT2D eigenvalue weighted by molar-refractivity contribution is 7.89. The van der Waals surface area contributed by atoms with E-state index in [1.54, 1.807) is 10.4 Å². The molecular formula is C19H23N3O2S. The number of hydrogen-bond acceptors (Lipinski definition) is 4. The number of aromatic nitrogens is 1. The van der Waals surface area contributed by atoms with Crippen LogP contribution in [-0.4, -0.2) is 36.8 Å². The Hall–Kier alpha value is -1.92. The number of hydrogen-bond donors (Lipinski definition) is 0. The first-order valence-electron chi connectivity index (χ1n) is 8.91. The number of fused-ring (bicyclic) bond motifs is 1. The summed E-state index contributed by atoms with van der Waals surface area (Å²) >= 11 is 0. The maximum absolute atomic E-state index is 12.8. The number of para-hydroxylation sites is 1. The van der Waals surface area contributed by atoms with E-state index in [0.29, 0.717) is 24.0 Å². The lowest BCUT2D eigenvalue weighted by atomic mass is 10.1. The number of pyridine rings is 1. The van der Waals surface area contributed by atoms with Crippen LogP contribution in [0.2, 0.25) is 0 Å². The second kappa shape index (κ2) is 6.42. The van der Waals surface area contributed by atoms with Gasteiger partial charge in [0.1, 0.15) is 10.7 Å². The molecule has 2 aliphatic rings. The fourth-order valence-corrected chi connectivity index (χ4v) is 5.30. The number of sulfonamides is 1. The lowest BCUT2D eigenvalue weighted by Gasteiger charge is -2.26. The smallest absolute Gasteiger partial charge is 0.244 e. The predicted octanol–water partition coefficient (Wildman–Crippen LogP) is 3.34. The van der Waals surface area contributed by atoms with Crippen LogP contribution in [0.15, 0.2) is 47.5 Å². The van der Waals surface area contributed by atoms with Crippen molar-refractivity contribution in [2.45, 2.75) is 43.5 Å². The monoisotopic (exact) mass is 357 g/mol. The molecule has 0 bridgehead atoms. The molecule has 25 heavy (non-hydrogen) atoms. The van der Waals surface area contributed by atoms with E-state index in [-0.39, 0.29) is 0 Å². The van der Waals surface area contributed by atoms with Crippen LogP contribution < -0.4 is 4.90 Å². The van der Waals surface area contributed by atoms with Crippen molar-refractivity contribution in [3.05, 3.63) is 48.2 Å². The molecule has 0 radical (unpaired) electrons. The summed E-state index contributed by atoms with van der Waals surface area (Å²) in [5.74, 6) is 0.801. The van der Waals surface area contributed by atoms with Gasteiger partial charge in [0.2, 0.25) is 10.0 Å². The molecule has 0 amide bonds. The average molecular weight is 357 g/mol. The zero-order valence-corrected chi connectivity index (χ0v) is 15.2. The maximum atomic E-state index is 12.8. The van der Waals surface area contributed by atoms with Crippen molar-refractivity contribution in [3.63, 3.8) is 0 Å². The minimum absolute atomic E-state index is 0.290. The van der Waals surface area contributed by atoms with Crippen molar-refractivity contribution < 1.29 is 8.42 Å². The topological polar surface area (TPSA) is 53.5 Å². The Morgan fingerprint density at radius 2 is 1.80 bits per heavy atom. The quantitative estimate of drug-likeness (QED) is 0.845. The number of rotatable bonds is 3. The first kappa shape index (κ1) is 16.5. The van der Waals surface area contributed by atoms with Crippen LogP contribution in [0.3, 0.4) is 0 Å². The molecule has 1 fully saturated rings. The second-order valence-corrected chi connectivity index (χ2v) is 8.81. The van der Waals surface area contributed by atoms with E-state index < -0.39 is 10.0 Å². The Morgan fingerprint density at radius 1 is 1.04 bits per heavy atom. The Balaban J connectivity index is 1.62. The van der Waals surface area contributed by atoms with Gasteiger partial charge >= 0.3 is 0 Å². The summed E-state index contributed by atoms with van der Waals surface area (Å²) in [5.41, 5.74) is 2.47. The molecular weight excluding hydrogens is 334 g/mol. The highest BCUT2D eigenvalue weighted by Gasteiger charge is 2.29. The molecule has 0 saturated carbocycles. The molecule has 6 heteroatoms. The summed E-state index contributed by atoms with van der Waals surface area (Å²) in [4.78, 5) is 6.97. The number of piperidine rings is 1. The number of benzene rings is 1. The van der Waals surface area contributed by atoms with Crippen LogP contribution in [0, 0.1) is 0 Å². The van der Waals surface area contributed by atoms with Crippen molar-refractivity contribution in [2.75, 3.05) is 18.0 Å². The lowest BCUT2D eigenvalue weighted by Crippen LogP contribution is -2.35. The molecule has 3 heterocycles. The Bertz CT molecular complexity index is 858. The molecule has 1 atom stereocenters. The van der Waals surface area contributed by atoms with E-state index in [4.69, 9.17) is 0 Å². The second-order valence-electron chi connectivity index (χ2n) is 6.87. The van der Waals surface area contributed by atoms with Crippen molar-refractivity contribution in [3.8, 4) is 0 Å². The summed E-state index contributed by atoms with van der Waals surface area (Å²) in [6, 6.07) is 12.2. The average Bonchev–Trinajstić information content (AvgIpc) is 2.98. The van der Waals surface area contributed by atoms with E-state index in [2.05, 4.69) is 35.0 Å². The maximum Gasteiger partial charge on any atom is 0.244 e. The normalized spacial score (nSPS) is 21.3. The minimum Gasteiger partial charge on any atom is -0.323 e. The summed E-state index contributed by atoms with van der Waals surface area (Å²) in [5, 5.41) is 0. The van der Waals surface area contributed by atoms with Crippen LogP contribution >= 0.6 is 0 Å². The molecule has 0 spiro atoms. The van der Waals surface area contributed by atoms with Gasteiger partial charge in [-0.3, -0.25) is 0 Å². The predicted molar refractivity (Wildman–Crippen MR) is 98.6 cm³/mol. The van der Waals surface area contributed by atoms with Crippen LogP contribution in [0.25, 0.3) is 0 Å². The Morgan fingerprint density at radius 3 is 2.52 bits per heavy atom. The fraction of sp³-hybridized carbons (Fsp3) is 0.421. The van der Waals surface area contributed by atoms with Gasteiger partial charge in [0, 0.05) is 31.0 Å². The van der Waals surface area contributed by atoms with Gasteiger partial charge in [0.05, 0.1) is 0 Å². The van der Waals surface area contributed by atoms with Gasteiger partial charge in [-0.2, -0.15) is 4.31 Å². The van der Waals surface area contributed by atoms with Gasteiger partial charge in [-0.25, -0.2) is 13.4 Å². The number of nitrogens with zero attached hydrogens (tertiary/aromatic N) is 3. The zero-order valence-electron chi connectivity index (χ0n) is 14.4.